The molecule has 3 aromatic rings. The number of aryl methyl sites for hydroxylation is 1. The minimum absolute atomic E-state index is 0.00522. The Bertz CT molecular complexity index is 1380. The van der Waals surface area contributed by atoms with Crippen molar-refractivity contribution in [1.82, 2.24) is 23.7 Å². The molecule has 0 bridgehead atoms. The predicted octanol–water partition coefficient (Wildman–Crippen LogP) is -0.0319. The van der Waals surface area contributed by atoms with Gasteiger partial charge in [-0.05, 0) is 31.9 Å². The van der Waals surface area contributed by atoms with Crippen molar-refractivity contribution in [2.45, 2.75) is 32.4 Å². The summed E-state index contributed by atoms with van der Waals surface area (Å²) in [7, 11) is 1.56. The second-order valence-corrected chi connectivity index (χ2v) is 7.47. The fraction of sp³-hybridized carbons (Fsp3) is 0.381. The van der Waals surface area contributed by atoms with Gasteiger partial charge in [0, 0.05) is 38.4 Å². The number of fused-ring (bicyclic) bond motifs is 1. The molecule has 1 aliphatic rings. The standard InChI is InChI=1S/C21H22N8O2/c1-3-9-28-17-18(25-20(28)27-10-5-7-15(23)12-27)26(2)21(31)29(19(17)30)13-16-14(11-22)6-4-8-24-16/h4,6,8,15H,5,7,10,12-13,23H2,1-2H3/t15-/m1/s1. The molecule has 0 aliphatic carbocycles. The van der Waals surface area contributed by atoms with Crippen molar-refractivity contribution in [3.8, 4) is 18.0 Å². The molecule has 0 amide bonds. The molecule has 0 unspecified atom stereocenters. The van der Waals surface area contributed by atoms with Crippen molar-refractivity contribution < 1.29 is 0 Å². The normalized spacial score (nSPS) is 16.1. The van der Waals surface area contributed by atoms with Crippen LogP contribution >= 0.6 is 0 Å². The van der Waals surface area contributed by atoms with Crippen molar-refractivity contribution in [3.63, 3.8) is 0 Å². The van der Waals surface area contributed by atoms with Gasteiger partial charge in [-0.1, -0.05) is 5.92 Å². The van der Waals surface area contributed by atoms with E-state index in [9.17, 15) is 14.9 Å². The second kappa shape index (κ2) is 8.09. The molecule has 2 N–H and O–H groups in total. The maximum atomic E-state index is 13.4. The van der Waals surface area contributed by atoms with E-state index in [1.807, 2.05) is 11.0 Å². The Labute approximate surface area is 178 Å². The van der Waals surface area contributed by atoms with E-state index < -0.39 is 11.2 Å². The molecule has 0 radical (unpaired) electrons. The van der Waals surface area contributed by atoms with Crippen LogP contribution in [0.3, 0.4) is 0 Å². The molecule has 1 saturated heterocycles. The minimum Gasteiger partial charge on any atom is -0.340 e. The Kier molecular flexibility index (Phi) is 5.32. The van der Waals surface area contributed by atoms with Gasteiger partial charge in [-0.3, -0.25) is 18.9 Å². The molecule has 158 valence electrons. The van der Waals surface area contributed by atoms with Gasteiger partial charge in [-0.15, -0.1) is 0 Å². The van der Waals surface area contributed by atoms with Crippen LogP contribution in [0.5, 0.6) is 0 Å². The predicted molar refractivity (Wildman–Crippen MR) is 116 cm³/mol. The van der Waals surface area contributed by atoms with Crippen LogP contribution in [0.15, 0.2) is 27.9 Å². The van der Waals surface area contributed by atoms with Gasteiger partial charge in [0.05, 0.1) is 17.8 Å². The first-order valence-electron chi connectivity index (χ1n) is 9.95. The Balaban J connectivity index is 1.95. The third-order valence-electron chi connectivity index (χ3n) is 5.41. The molecular formula is C21H22N8O2. The summed E-state index contributed by atoms with van der Waals surface area (Å²) in [4.78, 5) is 37.2. The fourth-order valence-electron chi connectivity index (χ4n) is 3.89. The van der Waals surface area contributed by atoms with E-state index in [1.54, 1.807) is 26.1 Å². The maximum absolute atomic E-state index is 13.4. The molecule has 3 aromatic heterocycles. The first-order chi connectivity index (χ1) is 15.0. The van der Waals surface area contributed by atoms with E-state index in [1.165, 1.54) is 15.3 Å². The zero-order chi connectivity index (χ0) is 22.1. The van der Waals surface area contributed by atoms with Crippen molar-refractivity contribution in [2.24, 2.45) is 12.8 Å². The molecule has 1 atom stereocenters. The smallest absolute Gasteiger partial charge is 0.332 e. The lowest BCUT2D eigenvalue weighted by Gasteiger charge is -2.31. The number of piperidine rings is 1. The number of hydrogen-bond acceptors (Lipinski definition) is 7. The summed E-state index contributed by atoms with van der Waals surface area (Å²) >= 11 is 0. The lowest BCUT2D eigenvalue weighted by molar-refractivity contribution is 0.499. The van der Waals surface area contributed by atoms with Crippen LogP contribution in [0.2, 0.25) is 0 Å². The van der Waals surface area contributed by atoms with Gasteiger partial charge >= 0.3 is 5.69 Å². The lowest BCUT2D eigenvalue weighted by atomic mass is 10.1. The van der Waals surface area contributed by atoms with Crippen molar-refractivity contribution >= 4 is 17.1 Å². The first kappa shape index (κ1) is 20.4. The number of imidazole rings is 1. The molecule has 1 aliphatic heterocycles. The highest BCUT2D eigenvalue weighted by atomic mass is 16.2. The lowest BCUT2D eigenvalue weighted by Crippen LogP contribution is -2.43. The monoisotopic (exact) mass is 418 g/mol. The Morgan fingerprint density at radius 2 is 2.16 bits per heavy atom. The number of nitriles is 1. The average molecular weight is 418 g/mol. The molecule has 0 saturated carbocycles. The van der Waals surface area contributed by atoms with Gasteiger partial charge in [0.15, 0.2) is 11.2 Å². The van der Waals surface area contributed by atoms with E-state index in [4.69, 9.17) is 5.73 Å². The van der Waals surface area contributed by atoms with Gasteiger partial charge in [0.25, 0.3) is 5.56 Å². The van der Waals surface area contributed by atoms with Crippen LogP contribution in [0.4, 0.5) is 5.95 Å². The third kappa shape index (κ3) is 3.47. The van der Waals surface area contributed by atoms with Gasteiger partial charge in [0.2, 0.25) is 5.95 Å². The van der Waals surface area contributed by atoms with Crippen molar-refractivity contribution in [2.75, 3.05) is 18.0 Å². The Morgan fingerprint density at radius 1 is 1.35 bits per heavy atom. The zero-order valence-electron chi connectivity index (χ0n) is 17.4. The molecule has 10 nitrogen and oxygen atoms in total. The molecule has 4 heterocycles. The van der Waals surface area contributed by atoms with E-state index >= 15 is 0 Å². The van der Waals surface area contributed by atoms with Crippen LogP contribution in [-0.4, -0.2) is 42.8 Å². The highest BCUT2D eigenvalue weighted by molar-refractivity contribution is 5.76. The number of anilines is 1. The summed E-state index contributed by atoms with van der Waals surface area (Å²) in [6.07, 6.45) is 3.35. The van der Waals surface area contributed by atoms with E-state index in [0.29, 0.717) is 23.8 Å². The maximum Gasteiger partial charge on any atom is 0.332 e. The minimum atomic E-state index is -0.539. The number of nitrogens with two attached hydrogens (primary N) is 1. The third-order valence-corrected chi connectivity index (χ3v) is 5.41. The molecule has 0 aromatic carbocycles. The summed E-state index contributed by atoms with van der Waals surface area (Å²) in [5, 5.41) is 9.34. The molecule has 10 heteroatoms. The summed E-state index contributed by atoms with van der Waals surface area (Å²) in [5.74, 6) is 3.33. The highest BCUT2D eigenvalue weighted by Crippen LogP contribution is 2.22. The van der Waals surface area contributed by atoms with E-state index in [0.717, 1.165) is 24.0 Å². The van der Waals surface area contributed by atoms with Crippen LogP contribution < -0.4 is 21.9 Å². The summed E-state index contributed by atoms with van der Waals surface area (Å²) in [5.41, 5.74) is 6.18. The second-order valence-electron chi connectivity index (χ2n) is 7.47. The average Bonchev–Trinajstić information content (AvgIpc) is 3.15. The number of nitrogens with zero attached hydrogens (tertiary/aromatic N) is 7. The molecular weight excluding hydrogens is 396 g/mol. The Morgan fingerprint density at radius 3 is 2.87 bits per heavy atom. The summed E-state index contributed by atoms with van der Waals surface area (Å²) < 4.78 is 3.93. The first-order valence-corrected chi connectivity index (χ1v) is 9.95. The van der Waals surface area contributed by atoms with Gasteiger partial charge < -0.3 is 10.6 Å². The largest absolute Gasteiger partial charge is 0.340 e. The number of rotatable bonds is 3. The molecule has 4 rings (SSSR count). The number of hydrogen-bond donors (Lipinski definition) is 1. The quantitative estimate of drug-likeness (QED) is 0.592. The topological polar surface area (TPSA) is 128 Å². The summed E-state index contributed by atoms with van der Waals surface area (Å²) in [6, 6.07) is 8.22. The molecule has 31 heavy (non-hydrogen) atoms. The van der Waals surface area contributed by atoms with Crippen molar-refractivity contribution in [1.29, 1.82) is 5.26 Å². The van der Waals surface area contributed by atoms with Crippen LogP contribution in [0, 0.1) is 23.3 Å². The van der Waals surface area contributed by atoms with E-state index in [-0.39, 0.29) is 23.8 Å². The van der Waals surface area contributed by atoms with E-state index in [2.05, 4.69) is 21.9 Å². The van der Waals surface area contributed by atoms with Gasteiger partial charge in [-0.2, -0.15) is 10.2 Å². The van der Waals surface area contributed by atoms with Gasteiger partial charge in [-0.25, -0.2) is 9.36 Å². The molecule has 1 fully saturated rings. The highest BCUT2D eigenvalue weighted by Gasteiger charge is 2.26. The summed E-state index contributed by atoms with van der Waals surface area (Å²) in [6.45, 7) is 2.88. The number of aromatic nitrogens is 5. The van der Waals surface area contributed by atoms with Gasteiger partial charge in [0.1, 0.15) is 6.07 Å². The van der Waals surface area contributed by atoms with Crippen LogP contribution in [0.25, 0.3) is 11.2 Å². The number of pyridine rings is 1. The zero-order valence-corrected chi connectivity index (χ0v) is 17.4. The van der Waals surface area contributed by atoms with Crippen LogP contribution in [0.1, 0.15) is 31.0 Å². The SMILES string of the molecule is CC#Cn1c(N2CCC[C@@H](N)C2)nc2c1c(=O)n(Cc1ncccc1C#N)c(=O)n2C. The van der Waals surface area contributed by atoms with Crippen molar-refractivity contribution in [3.05, 3.63) is 50.4 Å². The Hall–Kier alpha value is -3.89. The van der Waals surface area contributed by atoms with Crippen LogP contribution in [-0.2, 0) is 13.6 Å². The fourth-order valence-corrected chi connectivity index (χ4v) is 3.89. The molecule has 0 spiro atoms.